The van der Waals surface area contributed by atoms with Crippen LogP contribution in [0.3, 0.4) is 0 Å². The van der Waals surface area contributed by atoms with E-state index >= 15 is 0 Å². The van der Waals surface area contributed by atoms with Gasteiger partial charge in [-0.25, -0.2) is 0 Å². The third-order valence-corrected chi connectivity index (χ3v) is 5.66. The van der Waals surface area contributed by atoms with Crippen LogP contribution in [0.4, 0.5) is 0 Å². The fourth-order valence-corrected chi connectivity index (χ4v) is 3.97. The average molecular weight is 376 g/mol. The highest BCUT2D eigenvalue weighted by Crippen LogP contribution is 2.37. The van der Waals surface area contributed by atoms with Crippen LogP contribution in [0.25, 0.3) is 10.1 Å². The molecular formula is C19H18ClNO3S. The maximum atomic E-state index is 12.7. The van der Waals surface area contributed by atoms with Crippen molar-refractivity contribution in [1.29, 1.82) is 0 Å². The number of amides is 1. The molecule has 0 aliphatic heterocycles. The normalized spacial score (nSPS) is 12.0. The molecule has 0 spiro atoms. The summed E-state index contributed by atoms with van der Waals surface area (Å²) in [5.74, 6) is 1.27. The minimum atomic E-state index is -0.194. The number of rotatable bonds is 5. The summed E-state index contributed by atoms with van der Waals surface area (Å²) < 4.78 is 11.4. The second-order valence-corrected chi connectivity index (χ2v) is 7.01. The molecule has 2 aromatic carbocycles. The van der Waals surface area contributed by atoms with Crippen LogP contribution in [0.1, 0.15) is 28.2 Å². The molecule has 0 fully saturated rings. The summed E-state index contributed by atoms with van der Waals surface area (Å²) in [6.07, 6.45) is 0. The number of thiophene rings is 1. The van der Waals surface area contributed by atoms with Gasteiger partial charge in [0.25, 0.3) is 5.91 Å². The summed E-state index contributed by atoms with van der Waals surface area (Å²) in [5.41, 5.74) is 0.964. The van der Waals surface area contributed by atoms with Gasteiger partial charge in [0.15, 0.2) is 0 Å². The monoisotopic (exact) mass is 375 g/mol. The van der Waals surface area contributed by atoms with E-state index in [1.807, 2.05) is 49.4 Å². The molecule has 3 rings (SSSR count). The summed E-state index contributed by atoms with van der Waals surface area (Å²) in [6, 6.07) is 13.1. The van der Waals surface area contributed by atoms with Crippen molar-refractivity contribution in [3.05, 3.63) is 57.9 Å². The largest absolute Gasteiger partial charge is 0.497 e. The van der Waals surface area contributed by atoms with Gasteiger partial charge in [-0.2, -0.15) is 0 Å². The Hall–Kier alpha value is -2.24. The third kappa shape index (κ3) is 3.57. The van der Waals surface area contributed by atoms with Gasteiger partial charge in [0.1, 0.15) is 16.4 Å². The molecule has 3 aromatic rings. The van der Waals surface area contributed by atoms with Crippen molar-refractivity contribution >= 4 is 38.9 Å². The Kier molecular flexibility index (Phi) is 5.16. The quantitative estimate of drug-likeness (QED) is 0.677. The van der Waals surface area contributed by atoms with E-state index in [1.165, 1.54) is 11.3 Å². The molecule has 1 heterocycles. The van der Waals surface area contributed by atoms with Crippen molar-refractivity contribution < 1.29 is 14.3 Å². The zero-order valence-corrected chi connectivity index (χ0v) is 15.7. The topological polar surface area (TPSA) is 47.6 Å². The summed E-state index contributed by atoms with van der Waals surface area (Å²) in [5, 5.41) is 4.27. The predicted octanol–water partition coefficient (Wildman–Crippen LogP) is 5.06. The Morgan fingerprint density at radius 3 is 2.56 bits per heavy atom. The third-order valence-electron chi connectivity index (χ3n) is 3.98. The number of methoxy groups -OCH3 is 2. The lowest BCUT2D eigenvalue weighted by Gasteiger charge is -2.14. The van der Waals surface area contributed by atoms with E-state index in [0.29, 0.717) is 15.6 Å². The highest BCUT2D eigenvalue weighted by molar-refractivity contribution is 7.21. The molecule has 6 heteroatoms. The van der Waals surface area contributed by atoms with E-state index in [0.717, 1.165) is 21.4 Å². The van der Waals surface area contributed by atoms with Crippen LogP contribution in [0, 0.1) is 0 Å². The van der Waals surface area contributed by atoms with E-state index in [1.54, 1.807) is 14.2 Å². The molecule has 0 aliphatic rings. The molecule has 1 atom stereocenters. The lowest BCUT2D eigenvalue weighted by molar-refractivity contribution is 0.0944. The first kappa shape index (κ1) is 17.6. The fourth-order valence-electron chi connectivity index (χ4n) is 2.58. The molecule has 25 heavy (non-hydrogen) atoms. The number of nitrogens with one attached hydrogen (secondary N) is 1. The molecule has 1 unspecified atom stereocenters. The number of carbonyl (C=O) groups is 1. The van der Waals surface area contributed by atoms with Gasteiger partial charge >= 0.3 is 0 Å². The minimum Gasteiger partial charge on any atom is -0.497 e. The van der Waals surface area contributed by atoms with Crippen molar-refractivity contribution in [1.82, 2.24) is 5.32 Å². The number of hydrogen-bond acceptors (Lipinski definition) is 4. The van der Waals surface area contributed by atoms with Gasteiger partial charge in [-0.15, -0.1) is 11.3 Å². The molecule has 0 bridgehead atoms. The van der Waals surface area contributed by atoms with Crippen molar-refractivity contribution in [2.24, 2.45) is 0 Å². The average Bonchev–Trinajstić information content (AvgIpc) is 2.98. The maximum absolute atomic E-state index is 12.7. The second kappa shape index (κ2) is 7.33. The van der Waals surface area contributed by atoms with Gasteiger partial charge in [-0.3, -0.25) is 4.79 Å². The van der Waals surface area contributed by atoms with Crippen LogP contribution < -0.4 is 14.8 Å². The van der Waals surface area contributed by atoms with Crippen molar-refractivity contribution in [3.8, 4) is 11.5 Å². The van der Waals surface area contributed by atoms with E-state index in [9.17, 15) is 4.79 Å². The van der Waals surface area contributed by atoms with E-state index in [2.05, 4.69) is 5.32 Å². The van der Waals surface area contributed by atoms with Gasteiger partial charge in [0, 0.05) is 10.1 Å². The molecule has 0 radical (unpaired) electrons. The summed E-state index contributed by atoms with van der Waals surface area (Å²) in [7, 11) is 3.22. The van der Waals surface area contributed by atoms with Crippen molar-refractivity contribution in [2.75, 3.05) is 14.2 Å². The Balaban J connectivity index is 1.85. The second-order valence-electron chi connectivity index (χ2n) is 5.58. The standard InChI is InChI=1S/C19H18ClNO3S/c1-11(12-5-4-6-13(9-12)23-2)21-19(22)18-17(20)15-10-14(24-3)7-8-16(15)25-18/h4-11H,1-3H3,(H,21,22). The van der Waals surface area contributed by atoms with Crippen LogP contribution in [0.15, 0.2) is 42.5 Å². The number of benzene rings is 2. The van der Waals surface area contributed by atoms with Gasteiger partial charge in [-0.1, -0.05) is 23.7 Å². The Morgan fingerprint density at radius 2 is 1.84 bits per heavy atom. The minimum absolute atomic E-state index is 0.168. The molecule has 1 aromatic heterocycles. The zero-order chi connectivity index (χ0) is 18.0. The Morgan fingerprint density at radius 1 is 1.12 bits per heavy atom. The van der Waals surface area contributed by atoms with Gasteiger partial charge in [0.2, 0.25) is 0 Å². The lowest BCUT2D eigenvalue weighted by atomic mass is 10.1. The highest BCUT2D eigenvalue weighted by atomic mass is 35.5. The number of fused-ring (bicyclic) bond motifs is 1. The number of halogens is 1. The number of carbonyl (C=O) groups excluding carboxylic acids is 1. The van der Waals surface area contributed by atoms with Gasteiger partial charge < -0.3 is 14.8 Å². The molecule has 4 nitrogen and oxygen atoms in total. The predicted molar refractivity (Wildman–Crippen MR) is 102 cm³/mol. The molecule has 130 valence electrons. The first-order valence-corrected chi connectivity index (χ1v) is 8.93. The maximum Gasteiger partial charge on any atom is 0.263 e. The molecule has 1 N–H and O–H groups in total. The molecule has 0 saturated carbocycles. The molecule has 0 saturated heterocycles. The van der Waals surface area contributed by atoms with Crippen LogP contribution in [0.5, 0.6) is 11.5 Å². The van der Waals surface area contributed by atoms with E-state index < -0.39 is 0 Å². The Bertz CT molecular complexity index is 922. The van der Waals surface area contributed by atoms with Crippen molar-refractivity contribution in [3.63, 3.8) is 0 Å². The Labute approximate surface area is 155 Å². The van der Waals surface area contributed by atoms with Gasteiger partial charge in [-0.05, 0) is 42.8 Å². The summed E-state index contributed by atoms with van der Waals surface area (Å²) in [4.78, 5) is 13.2. The van der Waals surface area contributed by atoms with Crippen molar-refractivity contribution in [2.45, 2.75) is 13.0 Å². The van der Waals surface area contributed by atoms with Gasteiger partial charge in [0.05, 0.1) is 25.3 Å². The first-order chi connectivity index (χ1) is 12.0. The first-order valence-electron chi connectivity index (χ1n) is 7.74. The smallest absolute Gasteiger partial charge is 0.263 e. The fraction of sp³-hybridized carbons (Fsp3) is 0.211. The van der Waals surface area contributed by atoms with E-state index in [-0.39, 0.29) is 11.9 Å². The lowest BCUT2D eigenvalue weighted by Crippen LogP contribution is -2.26. The van der Waals surface area contributed by atoms with E-state index in [4.69, 9.17) is 21.1 Å². The molecule has 1 amide bonds. The number of ether oxygens (including phenoxy) is 2. The SMILES string of the molecule is COc1cccc(C(C)NC(=O)c2sc3ccc(OC)cc3c2Cl)c1. The molecular weight excluding hydrogens is 358 g/mol. The summed E-state index contributed by atoms with van der Waals surface area (Å²) in [6.45, 7) is 1.93. The van der Waals surface area contributed by atoms with Crippen LogP contribution in [-0.4, -0.2) is 20.1 Å². The summed E-state index contributed by atoms with van der Waals surface area (Å²) >= 11 is 7.80. The highest BCUT2D eigenvalue weighted by Gasteiger charge is 2.19. The zero-order valence-electron chi connectivity index (χ0n) is 14.1. The van der Waals surface area contributed by atoms with Crippen LogP contribution in [-0.2, 0) is 0 Å². The molecule has 0 aliphatic carbocycles. The van der Waals surface area contributed by atoms with Crippen LogP contribution >= 0.6 is 22.9 Å². The number of hydrogen-bond donors (Lipinski definition) is 1. The van der Waals surface area contributed by atoms with Crippen LogP contribution in [0.2, 0.25) is 5.02 Å².